The molecule has 1 aliphatic rings. The van der Waals surface area contributed by atoms with Gasteiger partial charge in [0.2, 0.25) is 10.0 Å². The van der Waals surface area contributed by atoms with E-state index in [4.69, 9.17) is 0 Å². The lowest BCUT2D eigenvalue weighted by atomic mass is 9.96. The summed E-state index contributed by atoms with van der Waals surface area (Å²) in [4.78, 5) is 13.7. The molecule has 0 aliphatic heterocycles. The molecule has 0 spiro atoms. The molecule has 0 saturated heterocycles. The van der Waals surface area contributed by atoms with E-state index in [9.17, 15) is 13.2 Å². The minimum Gasteiger partial charge on any atom is -0.344 e. The minimum atomic E-state index is -3.50. The van der Waals surface area contributed by atoms with E-state index in [1.807, 2.05) is 0 Å². The van der Waals surface area contributed by atoms with E-state index in [0.29, 0.717) is 4.88 Å². The van der Waals surface area contributed by atoms with Crippen LogP contribution in [0.5, 0.6) is 0 Å². The van der Waals surface area contributed by atoms with E-state index in [2.05, 4.69) is 4.72 Å². The van der Waals surface area contributed by atoms with Crippen molar-refractivity contribution in [1.29, 1.82) is 0 Å². The predicted molar refractivity (Wildman–Crippen MR) is 79.5 cm³/mol. The van der Waals surface area contributed by atoms with Gasteiger partial charge in [-0.3, -0.25) is 4.79 Å². The van der Waals surface area contributed by atoms with Crippen molar-refractivity contribution in [2.24, 2.45) is 0 Å². The molecule has 20 heavy (non-hydrogen) atoms. The Balaban J connectivity index is 2.11. The standard InChI is InChI=1S/C13H20N2O3S2/c1-15(2)13(16)11-8-9-12(19-11)20(17,18)14-10-6-4-3-5-7-10/h8-10,14H,3-7H2,1-2H3. The molecule has 2 rings (SSSR count). The zero-order valence-corrected chi connectivity index (χ0v) is 13.4. The summed E-state index contributed by atoms with van der Waals surface area (Å²) >= 11 is 1.02. The highest BCUT2D eigenvalue weighted by Crippen LogP contribution is 2.25. The van der Waals surface area contributed by atoms with Gasteiger partial charge in [0.1, 0.15) is 4.21 Å². The van der Waals surface area contributed by atoms with Crippen molar-refractivity contribution in [3.63, 3.8) is 0 Å². The SMILES string of the molecule is CN(C)C(=O)c1ccc(S(=O)(=O)NC2CCCCC2)s1. The summed E-state index contributed by atoms with van der Waals surface area (Å²) in [6.07, 6.45) is 5.12. The van der Waals surface area contributed by atoms with Gasteiger partial charge in [-0.1, -0.05) is 19.3 Å². The molecule has 112 valence electrons. The van der Waals surface area contributed by atoms with Crippen LogP contribution in [0.1, 0.15) is 41.8 Å². The summed E-state index contributed by atoms with van der Waals surface area (Å²) in [6, 6.07) is 3.11. The van der Waals surface area contributed by atoms with E-state index >= 15 is 0 Å². The second-order valence-electron chi connectivity index (χ2n) is 5.27. The second-order valence-corrected chi connectivity index (χ2v) is 8.30. The lowest BCUT2D eigenvalue weighted by molar-refractivity contribution is 0.0832. The third-order valence-electron chi connectivity index (χ3n) is 3.39. The average Bonchev–Trinajstić information content (AvgIpc) is 2.88. The van der Waals surface area contributed by atoms with Gasteiger partial charge < -0.3 is 4.90 Å². The van der Waals surface area contributed by atoms with Crippen molar-refractivity contribution in [2.75, 3.05) is 14.1 Å². The molecule has 1 aromatic rings. The molecule has 1 fully saturated rings. The smallest absolute Gasteiger partial charge is 0.263 e. The summed E-state index contributed by atoms with van der Waals surface area (Å²) in [7, 11) is -0.202. The normalized spacial score (nSPS) is 17.1. The number of rotatable bonds is 4. The molecule has 1 heterocycles. The lowest BCUT2D eigenvalue weighted by Gasteiger charge is -2.22. The van der Waals surface area contributed by atoms with Gasteiger partial charge in [-0.2, -0.15) is 0 Å². The number of sulfonamides is 1. The molecule has 0 bridgehead atoms. The first-order valence-corrected chi connectivity index (χ1v) is 9.04. The van der Waals surface area contributed by atoms with Crippen LogP contribution in [0.4, 0.5) is 0 Å². The van der Waals surface area contributed by atoms with Gasteiger partial charge in [0.15, 0.2) is 0 Å². The van der Waals surface area contributed by atoms with Gasteiger partial charge in [-0.25, -0.2) is 13.1 Å². The summed E-state index contributed by atoms with van der Waals surface area (Å²) in [6.45, 7) is 0. The topological polar surface area (TPSA) is 66.5 Å². The number of amides is 1. The van der Waals surface area contributed by atoms with Crippen LogP contribution in [-0.2, 0) is 10.0 Å². The molecule has 1 amide bonds. The highest BCUT2D eigenvalue weighted by molar-refractivity contribution is 7.91. The first-order valence-electron chi connectivity index (χ1n) is 6.74. The molecule has 0 atom stereocenters. The Morgan fingerprint density at radius 3 is 2.50 bits per heavy atom. The Bertz CT molecular complexity index is 572. The van der Waals surface area contributed by atoms with Crippen molar-refractivity contribution in [3.8, 4) is 0 Å². The molecule has 5 nitrogen and oxygen atoms in total. The Morgan fingerprint density at radius 1 is 1.25 bits per heavy atom. The Kier molecular flexibility index (Phi) is 4.82. The van der Waals surface area contributed by atoms with Gasteiger partial charge in [-0.15, -0.1) is 11.3 Å². The van der Waals surface area contributed by atoms with E-state index in [0.717, 1.165) is 37.0 Å². The van der Waals surface area contributed by atoms with E-state index in [1.165, 1.54) is 17.4 Å². The maximum atomic E-state index is 12.3. The number of hydrogen-bond donors (Lipinski definition) is 1. The third-order valence-corrected chi connectivity index (χ3v) is 6.48. The van der Waals surface area contributed by atoms with Crippen LogP contribution in [0.2, 0.25) is 0 Å². The zero-order valence-electron chi connectivity index (χ0n) is 11.8. The van der Waals surface area contributed by atoms with Crippen molar-refractivity contribution < 1.29 is 13.2 Å². The molecule has 0 aromatic carbocycles. The van der Waals surface area contributed by atoms with Crippen LogP contribution in [0.3, 0.4) is 0 Å². The Hall–Kier alpha value is -0.920. The highest BCUT2D eigenvalue weighted by atomic mass is 32.2. The predicted octanol–water partition coefficient (Wildman–Crippen LogP) is 2.06. The number of carbonyl (C=O) groups is 1. The minimum absolute atomic E-state index is 0.0313. The number of nitrogens with zero attached hydrogens (tertiary/aromatic N) is 1. The Morgan fingerprint density at radius 2 is 1.90 bits per heavy atom. The fourth-order valence-corrected chi connectivity index (χ4v) is 4.95. The number of hydrogen-bond acceptors (Lipinski definition) is 4. The van der Waals surface area contributed by atoms with Crippen molar-refractivity contribution in [3.05, 3.63) is 17.0 Å². The largest absolute Gasteiger partial charge is 0.344 e. The third kappa shape index (κ3) is 3.59. The molecule has 1 N–H and O–H groups in total. The maximum Gasteiger partial charge on any atom is 0.263 e. The number of thiophene rings is 1. The summed E-state index contributed by atoms with van der Waals surface area (Å²) in [5.41, 5.74) is 0. The van der Waals surface area contributed by atoms with Crippen LogP contribution >= 0.6 is 11.3 Å². The van der Waals surface area contributed by atoms with Crippen LogP contribution in [0.15, 0.2) is 16.3 Å². The van der Waals surface area contributed by atoms with E-state index in [-0.39, 0.29) is 16.2 Å². The maximum absolute atomic E-state index is 12.3. The van der Waals surface area contributed by atoms with Gasteiger partial charge in [0.05, 0.1) is 4.88 Å². The van der Waals surface area contributed by atoms with Crippen LogP contribution in [0, 0.1) is 0 Å². The average molecular weight is 316 g/mol. The molecule has 1 aliphatic carbocycles. The van der Waals surface area contributed by atoms with Crippen molar-refractivity contribution in [1.82, 2.24) is 9.62 Å². The number of carbonyl (C=O) groups excluding carboxylic acids is 1. The summed E-state index contributed by atoms with van der Waals surface area (Å²) < 4.78 is 27.5. The monoisotopic (exact) mass is 316 g/mol. The molecular formula is C13H20N2O3S2. The fourth-order valence-electron chi connectivity index (χ4n) is 2.30. The van der Waals surface area contributed by atoms with Crippen LogP contribution < -0.4 is 4.72 Å². The highest BCUT2D eigenvalue weighted by Gasteiger charge is 2.24. The lowest BCUT2D eigenvalue weighted by Crippen LogP contribution is -2.35. The van der Waals surface area contributed by atoms with Crippen LogP contribution in [-0.4, -0.2) is 39.4 Å². The zero-order chi connectivity index (χ0) is 14.8. The van der Waals surface area contributed by atoms with Crippen molar-refractivity contribution in [2.45, 2.75) is 42.4 Å². The summed E-state index contributed by atoms with van der Waals surface area (Å²) in [5, 5.41) is 0. The van der Waals surface area contributed by atoms with Gasteiger partial charge in [0.25, 0.3) is 5.91 Å². The first-order chi connectivity index (χ1) is 9.40. The fraction of sp³-hybridized carbons (Fsp3) is 0.615. The molecule has 1 aromatic heterocycles. The van der Waals surface area contributed by atoms with Crippen molar-refractivity contribution >= 4 is 27.3 Å². The van der Waals surface area contributed by atoms with Gasteiger partial charge in [0, 0.05) is 20.1 Å². The molecule has 1 saturated carbocycles. The number of nitrogens with one attached hydrogen (secondary N) is 1. The van der Waals surface area contributed by atoms with Gasteiger partial charge >= 0.3 is 0 Å². The van der Waals surface area contributed by atoms with E-state index < -0.39 is 10.0 Å². The molecule has 0 radical (unpaired) electrons. The summed E-state index contributed by atoms with van der Waals surface area (Å²) in [5.74, 6) is -0.172. The molecular weight excluding hydrogens is 296 g/mol. The Labute approximate surface area is 124 Å². The second kappa shape index (κ2) is 6.24. The first kappa shape index (κ1) is 15.5. The molecule has 0 unspecified atom stereocenters. The van der Waals surface area contributed by atoms with Gasteiger partial charge in [-0.05, 0) is 25.0 Å². The molecule has 7 heteroatoms. The van der Waals surface area contributed by atoms with Crippen LogP contribution in [0.25, 0.3) is 0 Å². The van der Waals surface area contributed by atoms with E-state index in [1.54, 1.807) is 20.2 Å². The quantitative estimate of drug-likeness (QED) is 0.924.